The predicted molar refractivity (Wildman–Crippen MR) is 99.9 cm³/mol. The van der Waals surface area contributed by atoms with E-state index in [1.54, 1.807) is 0 Å². The number of carboxylic acids is 1. The molecule has 1 N–H and O–H groups in total. The molecule has 2 unspecified atom stereocenters. The number of hydrogen-bond donors (Lipinski definition) is 1. The van der Waals surface area contributed by atoms with Crippen LogP contribution in [-0.2, 0) is 16.0 Å². The smallest absolute Gasteiger partial charge is 0.309 e. The lowest BCUT2D eigenvalue weighted by molar-refractivity contribution is -0.143. The second-order valence-corrected chi connectivity index (χ2v) is 7.73. The molecule has 2 fully saturated rings. The van der Waals surface area contributed by atoms with Crippen molar-refractivity contribution in [2.45, 2.75) is 32.4 Å². The molecule has 6 nitrogen and oxygen atoms in total. The van der Waals surface area contributed by atoms with Crippen LogP contribution in [0.4, 0.5) is 0 Å². The number of benzene rings is 1. The third-order valence-electron chi connectivity index (χ3n) is 5.59. The molecular formula is C20H29N3O3. The molecular weight excluding hydrogens is 330 g/mol. The summed E-state index contributed by atoms with van der Waals surface area (Å²) in [6, 6.07) is 10.3. The molecule has 2 saturated heterocycles. The number of nitrogens with zero attached hydrogens (tertiary/aromatic N) is 3. The van der Waals surface area contributed by atoms with E-state index in [0.29, 0.717) is 38.6 Å². The molecule has 2 atom stereocenters. The number of aliphatic carboxylic acids is 1. The molecule has 0 spiro atoms. The lowest BCUT2D eigenvalue weighted by atomic mass is 10.1. The van der Waals surface area contributed by atoms with Crippen molar-refractivity contribution in [3.63, 3.8) is 0 Å². The normalized spacial score (nSPS) is 25.0. The average molecular weight is 359 g/mol. The summed E-state index contributed by atoms with van der Waals surface area (Å²) >= 11 is 0. The van der Waals surface area contributed by atoms with Crippen LogP contribution < -0.4 is 0 Å². The van der Waals surface area contributed by atoms with Crippen LogP contribution in [0.3, 0.4) is 0 Å². The Morgan fingerprint density at radius 2 is 1.81 bits per heavy atom. The number of piperazine rings is 1. The van der Waals surface area contributed by atoms with Crippen molar-refractivity contribution < 1.29 is 14.7 Å². The number of carboxylic acid groups (broad SMARTS) is 1. The van der Waals surface area contributed by atoms with Crippen LogP contribution in [0.25, 0.3) is 0 Å². The van der Waals surface area contributed by atoms with E-state index >= 15 is 0 Å². The molecule has 1 aromatic carbocycles. The number of hydrogen-bond acceptors (Lipinski definition) is 4. The maximum atomic E-state index is 12.7. The van der Waals surface area contributed by atoms with Gasteiger partial charge in [-0.15, -0.1) is 0 Å². The Balaban J connectivity index is 1.67. The fraction of sp³-hybridized carbons (Fsp3) is 0.600. The molecule has 1 amide bonds. The highest BCUT2D eigenvalue weighted by atomic mass is 16.4. The standard InChI is InChI=1S/C20H29N3O3/c1-15(2)23-12-17(20(25)26)11-21-8-9-22(13-18(21)14-23)19(24)10-16-6-4-3-5-7-16/h3-7,15,17-18H,8-14H2,1-2H3,(H,25,26). The third-order valence-corrected chi connectivity index (χ3v) is 5.59. The van der Waals surface area contributed by atoms with Gasteiger partial charge in [0.05, 0.1) is 12.3 Å². The van der Waals surface area contributed by atoms with Gasteiger partial charge >= 0.3 is 5.97 Å². The van der Waals surface area contributed by atoms with Gasteiger partial charge in [0.1, 0.15) is 0 Å². The molecule has 0 bridgehead atoms. The fourth-order valence-corrected chi connectivity index (χ4v) is 3.96. The minimum Gasteiger partial charge on any atom is -0.481 e. The van der Waals surface area contributed by atoms with Crippen LogP contribution in [-0.4, -0.2) is 83.0 Å². The average Bonchev–Trinajstić information content (AvgIpc) is 2.81. The van der Waals surface area contributed by atoms with Gasteiger partial charge in [-0.1, -0.05) is 30.3 Å². The van der Waals surface area contributed by atoms with E-state index in [4.69, 9.17) is 0 Å². The van der Waals surface area contributed by atoms with Gasteiger partial charge in [-0.25, -0.2) is 0 Å². The van der Waals surface area contributed by atoms with Gasteiger partial charge in [-0.05, 0) is 19.4 Å². The van der Waals surface area contributed by atoms with E-state index in [2.05, 4.69) is 23.6 Å². The first-order valence-electron chi connectivity index (χ1n) is 9.46. The summed E-state index contributed by atoms with van der Waals surface area (Å²) in [7, 11) is 0. The Morgan fingerprint density at radius 3 is 2.46 bits per heavy atom. The highest BCUT2D eigenvalue weighted by Crippen LogP contribution is 2.21. The number of amides is 1. The zero-order chi connectivity index (χ0) is 18.7. The van der Waals surface area contributed by atoms with Crippen molar-refractivity contribution in [1.82, 2.24) is 14.7 Å². The summed E-state index contributed by atoms with van der Waals surface area (Å²) in [5.41, 5.74) is 1.04. The zero-order valence-corrected chi connectivity index (χ0v) is 15.7. The summed E-state index contributed by atoms with van der Waals surface area (Å²) < 4.78 is 0. The van der Waals surface area contributed by atoms with Crippen molar-refractivity contribution in [2.75, 3.05) is 39.3 Å². The summed E-state index contributed by atoms with van der Waals surface area (Å²) in [6.07, 6.45) is 0.430. The highest BCUT2D eigenvalue weighted by Gasteiger charge is 2.37. The third kappa shape index (κ3) is 4.43. The van der Waals surface area contributed by atoms with Crippen LogP contribution in [0.2, 0.25) is 0 Å². The summed E-state index contributed by atoms with van der Waals surface area (Å²) in [4.78, 5) is 30.8. The van der Waals surface area contributed by atoms with Crippen molar-refractivity contribution in [1.29, 1.82) is 0 Å². The van der Waals surface area contributed by atoms with Crippen LogP contribution in [0.1, 0.15) is 19.4 Å². The molecule has 2 aliphatic heterocycles. The second-order valence-electron chi connectivity index (χ2n) is 7.73. The lowest BCUT2D eigenvalue weighted by Gasteiger charge is -2.42. The van der Waals surface area contributed by atoms with Gasteiger partial charge in [-0.2, -0.15) is 0 Å². The van der Waals surface area contributed by atoms with Crippen molar-refractivity contribution in [3.05, 3.63) is 35.9 Å². The maximum Gasteiger partial charge on any atom is 0.309 e. The summed E-state index contributed by atoms with van der Waals surface area (Å²) in [5, 5.41) is 9.54. The molecule has 26 heavy (non-hydrogen) atoms. The number of carbonyl (C=O) groups is 2. The van der Waals surface area contributed by atoms with E-state index < -0.39 is 5.97 Å². The Bertz CT molecular complexity index is 634. The van der Waals surface area contributed by atoms with Crippen LogP contribution >= 0.6 is 0 Å². The Labute approximate surface area is 155 Å². The Hall–Kier alpha value is -1.92. The molecule has 0 radical (unpaired) electrons. The molecule has 1 aromatic rings. The van der Waals surface area contributed by atoms with E-state index in [9.17, 15) is 14.7 Å². The highest BCUT2D eigenvalue weighted by molar-refractivity contribution is 5.79. The number of fused-ring (bicyclic) bond motifs is 1. The van der Waals surface area contributed by atoms with E-state index in [1.807, 2.05) is 35.2 Å². The molecule has 0 saturated carbocycles. The minimum atomic E-state index is -0.723. The molecule has 2 heterocycles. The van der Waals surface area contributed by atoms with E-state index in [0.717, 1.165) is 18.7 Å². The SMILES string of the molecule is CC(C)N1CC(C(=O)O)CN2CCN(C(=O)Cc3ccccc3)CC2C1. The largest absolute Gasteiger partial charge is 0.481 e. The Kier molecular flexibility index (Phi) is 5.94. The topological polar surface area (TPSA) is 64.1 Å². The predicted octanol–water partition coefficient (Wildman–Crippen LogP) is 1.17. The lowest BCUT2D eigenvalue weighted by Crippen LogP contribution is -2.57. The first kappa shape index (κ1) is 18.9. The number of carbonyl (C=O) groups excluding carboxylic acids is 1. The van der Waals surface area contributed by atoms with Crippen LogP contribution in [0, 0.1) is 5.92 Å². The van der Waals surface area contributed by atoms with Gasteiger partial charge in [0, 0.05) is 51.4 Å². The van der Waals surface area contributed by atoms with E-state index in [1.165, 1.54) is 0 Å². The van der Waals surface area contributed by atoms with Gasteiger partial charge in [-0.3, -0.25) is 19.4 Å². The maximum absolute atomic E-state index is 12.7. The van der Waals surface area contributed by atoms with Gasteiger partial charge in [0.2, 0.25) is 5.91 Å². The molecule has 6 heteroatoms. The molecule has 0 aromatic heterocycles. The van der Waals surface area contributed by atoms with Gasteiger partial charge in [0.25, 0.3) is 0 Å². The first-order chi connectivity index (χ1) is 12.4. The fourth-order valence-electron chi connectivity index (χ4n) is 3.96. The second kappa shape index (κ2) is 8.18. The van der Waals surface area contributed by atoms with Crippen molar-refractivity contribution >= 4 is 11.9 Å². The number of rotatable bonds is 4. The molecule has 0 aliphatic carbocycles. The molecule has 2 aliphatic rings. The minimum absolute atomic E-state index is 0.158. The van der Waals surface area contributed by atoms with Crippen molar-refractivity contribution in [3.8, 4) is 0 Å². The van der Waals surface area contributed by atoms with Gasteiger partial charge in [0.15, 0.2) is 0 Å². The quantitative estimate of drug-likeness (QED) is 0.874. The van der Waals surface area contributed by atoms with Crippen LogP contribution in [0.5, 0.6) is 0 Å². The first-order valence-corrected chi connectivity index (χ1v) is 9.46. The van der Waals surface area contributed by atoms with E-state index in [-0.39, 0.29) is 17.9 Å². The van der Waals surface area contributed by atoms with Gasteiger partial charge < -0.3 is 10.0 Å². The molecule has 3 rings (SSSR count). The van der Waals surface area contributed by atoms with Crippen molar-refractivity contribution in [2.24, 2.45) is 5.92 Å². The van der Waals surface area contributed by atoms with Crippen LogP contribution in [0.15, 0.2) is 30.3 Å². The molecule has 142 valence electrons. The monoisotopic (exact) mass is 359 g/mol. The Morgan fingerprint density at radius 1 is 1.08 bits per heavy atom. The summed E-state index contributed by atoms with van der Waals surface area (Å²) in [6.45, 7) is 8.29. The zero-order valence-electron chi connectivity index (χ0n) is 15.7. The summed E-state index contributed by atoms with van der Waals surface area (Å²) in [5.74, 6) is -0.932.